The number of nitrogens with zero attached hydrogens (tertiary/aromatic N) is 2. The van der Waals surface area contributed by atoms with E-state index in [1.54, 1.807) is 13.1 Å². The number of benzene rings is 2. The van der Waals surface area contributed by atoms with Gasteiger partial charge in [-0.1, -0.05) is 56.3 Å². The van der Waals surface area contributed by atoms with Crippen molar-refractivity contribution in [2.75, 3.05) is 0 Å². The van der Waals surface area contributed by atoms with E-state index in [2.05, 4.69) is 26.7 Å². The van der Waals surface area contributed by atoms with Gasteiger partial charge in [0, 0.05) is 34.7 Å². The third-order valence-electron chi connectivity index (χ3n) is 4.57. The van der Waals surface area contributed by atoms with Gasteiger partial charge in [-0.05, 0) is 31.2 Å². The van der Waals surface area contributed by atoms with Gasteiger partial charge in [0.25, 0.3) is 0 Å². The van der Waals surface area contributed by atoms with E-state index in [-0.39, 0.29) is 5.78 Å². The Hall–Kier alpha value is -3.79. The largest absolute Gasteiger partial charge is 0.295 e. The molecule has 4 heteroatoms. The number of carbonyl (C=O) groups is 1. The lowest BCUT2D eigenvalue weighted by atomic mass is 10.1. The SMILES string of the molecule is CC.CC(=O)c1ccc2c3ccccc3n(-c3ccccn3)c2c1.c1cc[nH+]cc1. The normalized spacial score (nSPS) is 9.97. The fourth-order valence-corrected chi connectivity index (χ4v) is 3.26. The van der Waals surface area contributed by atoms with Gasteiger partial charge < -0.3 is 0 Å². The Bertz CT molecular complexity index is 1200. The Morgan fingerprint density at radius 3 is 2.10 bits per heavy atom. The van der Waals surface area contributed by atoms with Gasteiger partial charge >= 0.3 is 0 Å². The van der Waals surface area contributed by atoms with Crippen LogP contribution in [-0.2, 0) is 0 Å². The van der Waals surface area contributed by atoms with Gasteiger partial charge in [-0.15, -0.1) is 0 Å². The molecule has 0 amide bonds. The molecule has 0 spiro atoms. The molecular formula is C26H26N3O+. The van der Waals surface area contributed by atoms with Crippen LogP contribution in [0.4, 0.5) is 0 Å². The van der Waals surface area contributed by atoms with Crippen molar-refractivity contribution in [3.63, 3.8) is 0 Å². The molecule has 0 saturated heterocycles. The van der Waals surface area contributed by atoms with Gasteiger partial charge in [0.1, 0.15) is 5.82 Å². The highest BCUT2D eigenvalue weighted by Gasteiger charge is 2.13. The molecule has 0 aliphatic carbocycles. The number of ketones is 1. The summed E-state index contributed by atoms with van der Waals surface area (Å²) in [5, 5.41) is 2.30. The van der Waals surface area contributed by atoms with E-state index in [0.717, 1.165) is 22.2 Å². The molecule has 3 heterocycles. The first-order valence-electron chi connectivity index (χ1n) is 10.1. The van der Waals surface area contributed by atoms with E-state index < -0.39 is 0 Å². The van der Waals surface area contributed by atoms with Gasteiger partial charge in [-0.2, -0.15) is 0 Å². The average molecular weight is 397 g/mol. The van der Waals surface area contributed by atoms with Crippen LogP contribution in [0.2, 0.25) is 0 Å². The molecule has 5 aromatic rings. The number of hydrogen-bond donors (Lipinski definition) is 0. The number of H-pyrrole nitrogens is 1. The lowest BCUT2D eigenvalue weighted by molar-refractivity contribution is -0.377. The summed E-state index contributed by atoms with van der Waals surface area (Å²) in [6, 6.07) is 25.8. The molecule has 3 aromatic heterocycles. The third kappa shape index (κ3) is 4.44. The van der Waals surface area contributed by atoms with Gasteiger partial charge in [0.15, 0.2) is 18.2 Å². The summed E-state index contributed by atoms with van der Waals surface area (Å²) in [6.07, 6.45) is 5.53. The fourth-order valence-electron chi connectivity index (χ4n) is 3.26. The van der Waals surface area contributed by atoms with Crippen LogP contribution in [-0.4, -0.2) is 15.3 Å². The first kappa shape index (κ1) is 20.9. The van der Waals surface area contributed by atoms with E-state index in [1.807, 2.05) is 93.0 Å². The first-order valence-corrected chi connectivity index (χ1v) is 10.1. The second kappa shape index (κ2) is 10.1. The number of nitrogens with one attached hydrogen (secondary N) is 1. The van der Waals surface area contributed by atoms with Crippen LogP contribution < -0.4 is 4.98 Å². The highest BCUT2D eigenvalue weighted by molar-refractivity contribution is 6.11. The lowest BCUT2D eigenvalue weighted by Gasteiger charge is -2.06. The number of rotatable bonds is 2. The van der Waals surface area contributed by atoms with Crippen LogP contribution >= 0.6 is 0 Å². The Kier molecular flexibility index (Phi) is 7.06. The third-order valence-corrected chi connectivity index (χ3v) is 4.57. The van der Waals surface area contributed by atoms with Crippen molar-refractivity contribution in [3.05, 3.63) is 103 Å². The number of fused-ring (bicyclic) bond motifs is 3. The molecule has 0 saturated carbocycles. The Balaban J connectivity index is 0.000000273. The second-order valence-electron chi connectivity index (χ2n) is 6.41. The number of pyridine rings is 2. The summed E-state index contributed by atoms with van der Waals surface area (Å²) in [5.74, 6) is 0.925. The molecule has 0 radical (unpaired) electrons. The molecule has 0 aliphatic heterocycles. The molecule has 0 aliphatic rings. The first-order chi connectivity index (χ1) is 14.8. The quantitative estimate of drug-likeness (QED) is 0.348. The standard InChI is InChI=1S/C19H14N2O.C5H5N.C2H6/c1-13(22)14-9-10-16-15-6-2-3-7-17(15)21(18(16)12-14)19-8-4-5-11-20-19;1-2-4-6-5-3-1;1-2/h2-12H,1H3;1-5H;1-2H3/p+1. The topological polar surface area (TPSA) is 49.0 Å². The summed E-state index contributed by atoms with van der Waals surface area (Å²) in [4.78, 5) is 19.1. The number of hydrogen-bond acceptors (Lipinski definition) is 2. The molecule has 30 heavy (non-hydrogen) atoms. The number of carbonyl (C=O) groups excluding carboxylic acids is 1. The van der Waals surface area contributed by atoms with E-state index in [0.29, 0.717) is 5.56 Å². The van der Waals surface area contributed by atoms with E-state index in [9.17, 15) is 4.79 Å². The molecule has 150 valence electrons. The van der Waals surface area contributed by atoms with E-state index in [1.165, 1.54) is 5.39 Å². The highest BCUT2D eigenvalue weighted by Crippen LogP contribution is 2.31. The summed E-state index contributed by atoms with van der Waals surface area (Å²) in [5.41, 5.74) is 2.82. The zero-order chi connectivity index (χ0) is 21.3. The van der Waals surface area contributed by atoms with Crippen molar-refractivity contribution in [2.45, 2.75) is 20.8 Å². The van der Waals surface area contributed by atoms with Gasteiger partial charge in [0.2, 0.25) is 0 Å². The maximum atomic E-state index is 11.7. The van der Waals surface area contributed by atoms with Crippen LogP contribution in [0.3, 0.4) is 0 Å². The van der Waals surface area contributed by atoms with Crippen LogP contribution in [0.1, 0.15) is 31.1 Å². The molecule has 0 bridgehead atoms. The summed E-state index contributed by atoms with van der Waals surface area (Å²) >= 11 is 0. The lowest BCUT2D eigenvalue weighted by Crippen LogP contribution is -1.98. The summed E-state index contributed by atoms with van der Waals surface area (Å²) in [7, 11) is 0. The highest BCUT2D eigenvalue weighted by atomic mass is 16.1. The summed E-state index contributed by atoms with van der Waals surface area (Å²) < 4.78 is 2.11. The number of para-hydroxylation sites is 1. The molecule has 0 fully saturated rings. The van der Waals surface area contributed by atoms with Crippen LogP contribution in [0.5, 0.6) is 0 Å². The average Bonchev–Trinajstić information content (AvgIpc) is 3.16. The van der Waals surface area contributed by atoms with Crippen molar-refractivity contribution < 1.29 is 9.78 Å². The molecule has 2 aromatic carbocycles. The van der Waals surface area contributed by atoms with Crippen molar-refractivity contribution >= 4 is 27.6 Å². The van der Waals surface area contributed by atoms with Crippen LogP contribution in [0.25, 0.3) is 27.6 Å². The zero-order valence-electron chi connectivity index (χ0n) is 17.5. The Labute approximate surface area is 176 Å². The van der Waals surface area contributed by atoms with Gasteiger partial charge in [-0.25, -0.2) is 9.97 Å². The smallest absolute Gasteiger partial charge is 0.166 e. The number of aromatic amines is 1. The molecule has 5 rings (SSSR count). The second-order valence-corrected chi connectivity index (χ2v) is 6.41. The van der Waals surface area contributed by atoms with Crippen LogP contribution in [0.15, 0.2) is 97.5 Å². The Morgan fingerprint density at radius 1 is 0.800 bits per heavy atom. The van der Waals surface area contributed by atoms with Crippen molar-refractivity contribution in [1.82, 2.24) is 9.55 Å². The zero-order valence-corrected chi connectivity index (χ0v) is 17.5. The van der Waals surface area contributed by atoms with Gasteiger partial charge in [-0.3, -0.25) is 9.36 Å². The molecule has 1 N–H and O–H groups in total. The fraction of sp³-hybridized carbons (Fsp3) is 0.115. The van der Waals surface area contributed by atoms with Crippen LogP contribution in [0, 0.1) is 0 Å². The number of Topliss-reactive ketones (excluding diaryl/α,β-unsaturated/α-hetero) is 1. The minimum absolute atomic E-state index is 0.0692. The van der Waals surface area contributed by atoms with Crippen molar-refractivity contribution in [1.29, 1.82) is 0 Å². The minimum atomic E-state index is 0.0692. The molecule has 0 atom stereocenters. The van der Waals surface area contributed by atoms with E-state index in [4.69, 9.17) is 0 Å². The number of aromatic nitrogens is 3. The molecule has 4 nitrogen and oxygen atoms in total. The molecule has 0 unspecified atom stereocenters. The van der Waals surface area contributed by atoms with Gasteiger partial charge in [0.05, 0.1) is 11.0 Å². The van der Waals surface area contributed by atoms with Crippen molar-refractivity contribution in [3.8, 4) is 5.82 Å². The maximum absolute atomic E-state index is 11.7. The minimum Gasteiger partial charge on any atom is -0.295 e. The predicted octanol–water partition coefficient (Wildman–Crippen LogP) is 5.91. The predicted molar refractivity (Wildman–Crippen MR) is 123 cm³/mol. The summed E-state index contributed by atoms with van der Waals surface area (Å²) in [6.45, 7) is 5.59. The van der Waals surface area contributed by atoms with Crippen molar-refractivity contribution in [2.24, 2.45) is 0 Å². The Morgan fingerprint density at radius 2 is 1.50 bits per heavy atom. The molecular weight excluding hydrogens is 370 g/mol. The van der Waals surface area contributed by atoms with E-state index >= 15 is 0 Å². The maximum Gasteiger partial charge on any atom is 0.166 e. The monoisotopic (exact) mass is 396 g/mol.